The van der Waals surface area contributed by atoms with Crippen LogP contribution in [-0.2, 0) is 16.5 Å². The molecule has 0 aliphatic heterocycles. The van der Waals surface area contributed by atoms with Crippen molar-refractivity contribution in [2.24, 2.45) is 0 Å². The Labute approximate surface area is 177 Å². The van der Waals surface area contributed by atoms with Gasteiger partial charge in [-0.3, -0.25) is 0 Å². The van der Waals surface area contributed by atoms with Crippen molar-refractivity contribution < 1.29 is 42.5 Å². The summed E-state index contributed by atoms with van der Waals surface area (Å²) in [6, 6.07) is 6.34. The minimum absolute atomic E-state index is 0. The Morgan fingerprint density at radius 2 is 1.12 bits per heavy atom. The zero-order valence-electron chi connectivity index (χ0n) is 16.1. The number of hydrogen-bond acceptors (Lipinski definition) is 3. The van der Waals surface area contributed by atoms with Crippen molar-refractivity contribution in [2.45, 2.75) is 95.3 Å². The van der Waals surface area contributed by atoms with Gasteiger partial charge in [-0.25, -0.2) is 8.42 Å². The second-order valence-corrected chi connectivity index (χ2v) is 8.12. The number of unbranched alkanes of at least 4 members (excludes halogenated alkanes) is 11. The van der Waals surface area contributed by atoms with Gasteiger partial charge in [0.05, 0.1) is 4.90 Å². The first-order valence-electron chi connectivity index (χ1n) is 9.59. The molecule has 3 nitrogen and oxygen atoms in total. The molecule has 0 fully saturated rings. The van der Waals surface area contributed by atoms with Gasteiger partial charge < -0.3 is 4.55 Å². The molecule has 0 unspecified atom stereocenters. The molecule has 0 heterocycles. The van der Waals surface area contributed by atoms with Crippen molar-refractivity contribution in [3.05, 3.63) is 29.8 Å². The maximum Gasteiger partial charge on any atom is 1.00 e. The molecule has 25 heavy (non-hydrogen) atoms. The molecule has 0 spiro atoms. The Morgan fingerprint density at radius 1 is 0.720 bits per heavy atom. The monoisotopic (exact) mass is 382 g/mol. The average molecular weight is 382 g/mol. The minimum atomic E-state index is -4.32. The van der Waals surface area contributed by atoms with Crippen LogP contribution in [-0.4, -0.2) is 13.0 Å². The van der Waals surface area contributed by atoms with E-state index < -0.39 is 10.1 Å². The molecule has 0 radical (unpaired) electrons. The zero-order valence-corrected chi connectivity index (χ0v) is 19.0. The molecule has 0 aliphatic carbocycles. The fourth-order valence-electron chi connectivity index (χ4n) is 2.99. The van der Waals surface area contributed by atoms with Gasteiger partial charge in [-0.2, -0.15) is 0 Å². The SMILES string of the molecule is CCCCCCCCCCCCCC[13c]1[13cH][13cH][13c](S(=O)(=O)[O-])[13cH][13cH]1.[Na+]. The summed E-state index contributed by atoms with van der Waals surface area (Å²) in [5, 5.41) is 0. The molecule has 5 heteroatoms. The molecule has 1 aromatic rings. The molecule has 138 valence electrons. The Bertz CT molecular complexity index is 526. The molecule has 0 aromatic heterocycles. The van der Waals surface area contributed by atoms with Gasteiger partial charge in [0.1, 0.15) is 10.1 Å². The normalized spacial score (nSPS) is 11.3. The largest absolute Gasteiger partial charge is 1.00 e. The van der Waals surface area contributed by atoms with Crippen molar-refractivity contribution in [1.82, 2.24) is 0 Å². The molecular weight excluding hydrogens is 349 g/mol. The molecule has 0 N–H and O–H groups in total. The Morgan fingerprint density at radius 3 is 1.52 bits per heavy atom. The fourth-order valence-corrected chi connectivity index (χ4v) is 3.46. The molecule has 0 saturated heterocycles. The van der Waals surface area contributed by atoms with E-state index in [1.807, 2.05) is 0 Å². The minimum Gasteiger partial charge on any atom is -0.744 e. The third-order valence-corrected chi connectivity index (χ3v) is 5.38. The maximum atomic E-state index is 10.9. The van der Waals surface area contributed by atoms with Crippen LogP contribution in [0.1, 0.15) is 89.5 Å². The summed E-state index contributed by atoms with van der Waals surface area (Å²) in [6.07, 6.45) is 16.9. The van der Waals surface area contributed by atoms with Crippen molar-refractivity contribution in [1.29, 1.82) is 0 Å². The van der Waals surface area contributed by atoms with Crippen molar-refractivity contribution >= 4 is 10.1 Å². The fraction of sp³-hybridized carbons (Fsp3) is 0.700. The second-order valence-electron chi connectivity index (χ2n) is 6.74. The van der Waals surface area contributed by atoms with Crippen LogP contribution in [0.5, 0.6) is 0 Å². The summed E-state index contributed by atoms with van der Waals surface area (Å²) in [4.78, 5) is -0.138. The van der Waals surface area contributed by atoms with Crippen molar-refractivity contribution in [3.8, 4) is 0 Å². The van der Waals surface area contributed by atoms with Crippen LogP contribution in [0.25, 0.3) is 0 Å². The molecule has 1 rings (SSSR count). The number of aryl methyl sites for hydroxylation is 1. The summed E-state index contributed by atoms with van der Waals surface area (Å²) >= 11 is 0. The Balaban J connectivity index is 0.00000576. The summed E-state index contributed by atoms with van der Waals surface area (Å²) < 4.78 is 32.6. The molecule has 1 aromatic carbocycles. The van der Waals surface area contributed by atoms with Crippen LogP contribution >= 0.6 is 0 Å². The third kappa shape index (κ3) is 13.0. The maximum absolute atomic E-state index is 10.9. The topological polar surface area (TPSA) is 57.2 Å². The average Bonchev–Trinajstić information content (AvgIpc) is 2.55. The van der Waals surface area contributed by atoms with E-state index in [4.69, 9.17) is 0 Å². The summed E-state index contributed by atoms with van der Waals surface area (Å²) in [5.41, 5.74) is 1.11. The van der Waals surface area contributed by atoms with Crippen molar-refractivity contribution in [2.75, 3.05) is 0 Å². The van der Waals surface area contributed by atoms with E-state index in [0.29, 0.717) is 0 Å². The van der Waals surface area contributed by atoms with Crippen molar-refractivity contribution in [3.63, 3.8) is 0 Å². The predicted octanol–water partition coefficient (Wildman–Crippen LogP) is 2.84. The Kier molecular flexibility index (Phi) is 15.3. The van der Waals surface area contributed by atoms with Crippen LogP contribution in [0.3, 0.4) is 0 Å². The second kappa shape index (κ2) is 15.2. The smallest absolute Gasteiger partial charge is 0.744 e. The van der Waals surface area contributed by atoms with E-state index in [1.54, 1.807) is 12.1 Å². The summed E-state index contributed by atoms with van der Waals surface area (Å²) in [6.45, 7) is 2.26. The van der Waals surface area contributed by atoms with Gasteiger partial charge in [-0.1, -0.05) is 89.7 Å². The van der Waals surface area contributed by atoms with E-state index in [2.05, 4.69) is 6.92 Å². The number of hydrogen-bond donors (Lipinski definition) is 0. The van der Waals surface area contributed by atoms with Gasteiger partial charge >= 0.3 is 29.6 Å². The first kappa shape index (κ1) is 25.1. The zero-order chi connectivity index (χ0) is 17.7. The van der Waals surface area contributed by atoms with Gasteiger partial charge in [0.2, 0.25) is 0 Å². The molecule has 0 bridgehead atoms. The van der Waals surface area contributed by atoms with Gasteiger partial charge in [0, 0.05) is 0 Å². The Hall–Kier alpha value is 0.130. The van der Waals surface area contributed by atoms with Gasteiger partial charge in [0.25, 0.3) is 0 Å². The van der Waals surface area contributed by atoms with Gasteiger partial charge in [-0.15, -0.1) is 0 Å². The quantitative estimate of drug-likeness (QED) is 0.282. The van der Waals surface area contributed by atoms with Crippen LogP contribution in [0.15, 0.2) is 29.2 Å². The van der Waals surface area contributed by atoms with Crippen LogP contribution in [0, 0.1) is 0 Å². The van der Waals surface area contributed by atoms with E-state index >= 15 is 0 Å². The van der Waals surface area contributed by atoms with Gasteiger partial charge in [0.15, 0.2) is 0 Å². The third-order valence-electron chi connectivity index (χ3n) is 4.53. The first-order valence-corrected chi connectivity index (χ1v) is 11.0. The van der Waals surface area contributed by atoms with Crippen LogP contribution < -0.4 is 29.6 Å². The predicted molar refractivity (Wildman–Crippen MR) is 99.2 cm³/mol. The molecule has 0 aliphatic rings. The summed E-state index contributed by atoms with van der Waals surface area (Å²) in [5.74, 6) is 0. The number of rotatable bonds is 14. The molecule has 0 atom stereocenters. The van der Waals surface area contributed by atoms with E-state index in [1.165, 1.54) is 82.8 Å². The standard InChI is InChI=1S/C20H34O3S.Na/c1-2-3-4-5-6-7-8-9-10-11-12-13-14-19-15-17-20(18-16-19)24(21,22)23;/h15-18H,2-14H2,1H3,(H,21,22,23);/q;+1/p-1/i15+1,16+1,17+1,18+1,19+1,20+1;. The molecule has 0 saturated carbocycles. The first-order chi connectivity index (χ1) is 11.5. The van der Waals surface area contributed by atoms with E-state index in [0.717, 1.165) is 18.4 Å². The van der Waals surface area contributed by atoms with Crippen LogP contribution in [0.4, 0.5) is 0 Å². The van der Waals surface area contributed by atoms with E-state index in [9.17, 15) is 13.0 Å². The van der Waals surface area contributed by atoms with Crippen LogP contribution in [0.2, 0.25) is 0 Å². The van der Waals surface area contributed by atoms with Gasteiger partial charge in [-0.05, 0) is 30.5 Å². The molecular formula is C20H33NaO3S. The molecule has 0 amide bonds. The summed E-state index contributed by atoms with van der Waals surface area (Å²) in [7, 11) is -4.32. The number of benzene rings is 1. The van der Waals surface area contributed by atoms with E-state index in [-0.39, 0.29) is 34.5 Å².